The van der Waals surface area contributed by atoms with E-state index in [1.54, 1.807) is 24.3 Å². The Hall–Kier alpha value is -0.710. The lowest BCUT2D eigenvalue weighted by atomic mass is 10.4. The molecule has 1 atom stereocenters. The van der Waals surface area contributed by atoms with Crippen LogP contribution in [0.5, 0.6) is 0 Å². The second-order valence-corrected chi connectivity index (χ2v) is 4.41. The zero-order valence-corrected chi connectivity index (χ0v) is 9.10. The molecule has 0 aliphatic carbocycles. The molecule has 0 fully saturated rings. The van der Waals surface area contributed by atoms with Crippen LogP contribution in [0.15, 0.2) is 29.2 Å². The minimum absolute atomic E-state index is 0.142. The van der Waals surface area contributed by atoms with Crippen molar-refractivity contribution in [3.63, 3.8) is 0 Å². The van der Waals surface area contributed by atoms with E-state index in [0.717, 1.165) is 0 Å². The second kappa shape index (κ2) is 5.24. The predicted molar refractivity (Wildman–Crippen MR) is 54.7 cm³/mol. The van der Waals surface area contributed by atoms with Gasteiger partial charge in [-0.1, -0.05) is 17.7 Å². The van der Waals surface area contributed by atoms with Crippen molar-refractivity contribution in [2.24, 2.45) is 0 Å². The molecule has 0 bridgehead atoms. The third kappa shape index (κ3) is 3.21. The van der Waals surface area contributed by atoms with Gasteiger partial charge in [0.05, 0.1) is 7.11 Å². The lowest BCUT2D eigenvalue weighted by molar-refractivity contribution is -0.137. The first-order valence-electron chi connectivity index (χ1n) is 3.84. The smallest absolute Gasteiger partial charge is 0.356 e. The van der Waals surface area contributed by atoms with Crippen LogP contribution in [-0.2, 0) is 20.7 Å². The van der Waals surface area contributed by atoms with Gasteiger partial charge in [-0.25, -0.2) is 4.79 Å². The van der Waals surface area contributed by atoms with Crippen LogP contribution < -0.4 is 0 Å². The molecule has 0 heterocycles. The molecule has 0 aromatic heterocycles. The summed E-state index contributed by atoms with van der Waals surface area (Å²) in [4.78, 5) is 11.4. The second-order valence-electron chi connectivity index (χ2n) is 2.52. The fourth-order valence-corrected chi connectivity index (χ4v) is 2.10. The summed E-state index contributed by atoms with van der Waals surface area (Å²) in [5.74, 6) is -0.639. The van der Waals surface area contributed by atoms with Crippen LogP contribution in [-0.4, -0.2) is 23.4 Å². The molecule has 1 unspecified atom stereocenters. The van der Waals surface area contributed by atoms with Crippen molar-refractivity contribution < 1.29 is 14.1 Å². The summed E-state index contributed by atoms with van der Waals surface area (Å²) in [5.41, 5.74) is 0. The van der Waals surface area contributed by atoms with Crippen LogP contribution in [0.1, 0.15) is 0 Å². The Kier molecular flexibility index (Phi) is 4.25. The predicted octanol–water partition coefficient (Wildman–Crippen LogP) is 1.62. The van der Waals surface area contributed by atoms with Gasteiger partial charge in [0, 0.05) is 11.1 Å². The molecule has 1 aromatic rings. The summed E-state index contributed by atoms with van der Waals surface area (Å²) in [5, 5.41) is 0.501. The van der Waals surface area contributed by atoms with Crippen molar-refractivity contribution in [1.29, 1.82) is 0 Å². The lowest BCUT2D eigenvalue weighted by Gasteiger charge is -2.08. The fraction of sp³-hybridized carbons (Fsp3) is 0.222. The number of carbonyl (C=O) groups excluding carboxylic acids is 1. The maximum atomic E-state index is 11.5. The Morgan fingerprint density at radius 1 is 1.64 bits per heavy atom. The number of benzene rings is 1. The summed E-state index contributed by atoms with van der Waals surface area (Å²) in [6.45, 7) is 0. The number of hydrogen-bond acceptors (Lipinski definition) is 3. The average Bonchev–Trinajstić information content (AvgIpc) is 2.17. The summed E-state index contributed by atoms with van der Waals surface area (Å²) < 4.78 is 15.9. The molecule has 0 saturated carbocycles. The molecular weight excluding hydrogens is 224 g/mol. The maximum Gasteiger partial charge on any atom is 0.356 e. The molecule has 1 rings (SSSR count). The number of carbonyl (C=O) groups is 1. The quantitative estimate of drug-likeness (QED) is 0.588. The molecule has 14 heavy (non-hydrogen) atoms. The Morgan fingerprint density at radius 3 is 2.93 bits per heavy atom. The van der Waals surface area contributed by atoms with E-state index < -0.39 is 17.1 Å². The lowest BCUT2D eigenvalue weighted by Crippen LogP contribution is -2.17. The Labute approximate surface area is 90.2 Å². The van der Waals surface area contributed by atoms with Crippen LogP contribution in [0.2, 0.25) is 5.02 Å². The van der Waals surface area contributed by atoms with Crippen molar-refractivity contribution in [3.8, 4) is 0 Å². The molecule has 0 aliphatic rings. The molecule has 3 nitrogen and oxygen atoms in total. The third-order valence-electron chi connectivity index (χ3n) is 1.54. The number of methoxy groups -OCH3 is 1. The molecule has 0 spiro atoms. The topological polar surface area (TPSA) is 49.4 Å². The highest BCUT2D eigenvalue weighted by Crippen LogP contribution is 2.16. The van der Waals surface area contributed by atoms with E-state index in [9.17, 15) is 9.35 Å². The van der Waals surface area contributed by atoms with Gasteiger partial charge in [0.15, 0.2) is 4.90 Å². The first-order valence-corrected chi connectivity index (χ1v) is 5.54. The molecular formula is C9H9ClO3S. The number of ether oxygens (including phenoxy) is 1. The van der Waals surface area contributed by atoms with Crippen molar-refractivity contribution in [2.75, 3.05) is 12.9 Å². The van der Waals surface area contributed by atoms with Gasteiger partial charge >= 0.3 is 5.97 Å². The summed E-state index contributed by atoms with van der Waals surface area (Å²) in [7, 11) is 1.26. The van der Waals surface area contributed by atoms with Crippen molar-refractivity contribution in [3.05, 3.63) is 29.3 Å². The first-order chi connectivity index (χ1) is 6.63. The van der Waals surface area contributed by atoms with Gasteiger partial charge < -0.3 is 9.29 Å². The highest BCUT2D eigenvalue weighted by atomic mass is 35.5. The summed E-state index contributed by atoms with van der Waals surface area (Å²) >= 11 is 4.33. The van der Waals surface area contributed by atoms with Crippen molar-refractivity contribution >= 4 is 28.7 Å². The molecule has 1 aromatic carbocycles. The summed E-state index contributed by atoms with van der Waals surface area (Å²) in [6.07, 6.45) is 0. The third-order valence-corrected chi connectivity index (χ3v) is 3.05. The van der Waals surface area contributed by atoms with Crippen LogP contribution >= 0.6 is 11.6 Å². The van der Waals surface area contributed by atoms with Crippen LogP contribution in [0.25, 0.3) is 0 Å². The van der Waals surface area contributed by atoms with Gasteiger partial charge in [-0.05, 0) is 23.3 Å². The molecule has 0 aliphatic heterocycles. The van der Waals surface area contributed by atoms with E-state index in [-0.39, 0.29) is 5.75 Å². The molecule has 0 N–H and O–H groups in total. The first kappa shape index (κ1) is 11.4. The van der Waals surface area contributed by atoms with Crippen molar-refractivity contribution in [2.45, 2.75) is 4.90 Å². The normalized spacial score (nSPS) is 12.2. The largest absolute Gasteiger partial charge is 0.611 e. The number of halogens is 1. The Balaban J connectivity index is 2.69. The fourth-order valence-electron chi connectivity index (χ4n) is 0.858. The molecule has 0 amide bonds. The summed E-state index contributed by atoms with van der Waals surface area (Å²) in [6, 6.07) is 6.60. The zero-order valence-electron chi connectivity index (χ0n) is 7.53. The average molecular weight is 233 g/mol. The highest BCUT2D eigenvalue weighted by Gasteiger charge is 2.16. The minimum atomic E-state index is -1.38. The zero-order chi connectivity index (χ0) is 10.6. The number of esters is 1. The monoisotopic (exact) mass is 232 g/mol. The minimum Gasteiger partial charge on any atom is -0.611 e. The van der Waals surface area contributed by atoms with Gasteiger partial charge in [-0.2, -0.15) is 0 Å². The molecule has 5 heteroatoms. The number of rotatable bonds is 3. The van der Waals surface area contributed by atoms with Gasteiger partial charge in [0.2, 0.25) is 5.75 Å². The molecule has 0 radical (unpaired) electrons. The van der Waals surface area contributed by atoms with Crippen LogP contribution in [0, 0.1) is 0 Å². The van der Waals surface area contributed by atoms with E-state index >= 15 is 0 Å². The maximum absolute atomic E-state index is 11.5. The Morgan fingerprint density at radius 2 is 2.36 bits per heavy atom. The highest BCUT2D eigenvalue weighted by molar-refractivity contribution is 7.92. The van der Waals surface area contributed by atoms with E-state index in [1.807, 2.05) is 0 Å². The van der Waals surface area contributed by atoms with Gasteiger partial charge in [-0.3, -0.25) is 0 Å². The van der Waals surface area contributed by atoms with E-state index in [1.165, 1.54) is 7.11 Å². The van der Waals surface area contributed by atoms with Gasteiger partial charge in [0.25, 0.3) is 0 Å². The molecule has 0 saturated heterocycles. The Bertz CT molecular complexity index is 330. The van der Waals surface area contributed by atoms with Gasteiger partial charge in [-0.15, -0.1) is 0 Å². The molecule has 76 valence electrons. The van der Waals surface area contributed by atoms with E-state index in [2.05, 4.69) is 4.74 Å². The number of hydrogen-bond donors (Lipinski definition) is 0. The van der Waals surface area contributed by atoms with E-state index in [0.29, 0.717) is 9.92 Å². The van der Waals surface area contributed by atoms with E-state index in [4.69, 9.17) is 11.6 Å². The van der Waals surface area contributed by atoms with Gasteiger partial charge in [0.1, 0.15) is 0 Å². The SMILES string of the molecule is COC(=O)C[S+]([O-])c1cccc(Cl)c1. The standard InChI is InChI=1S/C9H9ClO3S/c1-13-9(11)6-14(12)8-4-2-3-7(10)5-8/h2-5H,6H2,1H3. The van der Waals surface area contributed by atoms with Crippen molar-refractivity contribution in [1.82, 2.24) is 0 Å². The van der Waals surface area contributed by atoms with Crippen LogP contribution in [0.4, 0.5) is 0 Å². The van der Waals surface area contributed by atoms with Crippen LogP contribution in [0.3, 0.4) is 0 Å².